The summed E-state index contributed by atoms with van der Waals surface area (Å²) >= 11 is 0. The van der Waals surface area contributed by atoms with E-state index >= 15 is 0 Å². The van der Waals surface area contributed by atoms with Gasteiger partial charge in [0.25, 0.3) is 0 Å². The van der Waals surface area contributed by atoms with Gasteiger partial charge in [-0.25, -0.2) is 0 Å². The second-order valence-corrected chi connectivity index (χ2v) is 3.81. The molecule has 0 aliphatic rings. The summed E-state index contributed by atoms with van der Waals surface area (Å²) in [5.41, 5.74) is 0. The van der Waals surface area contributed by atoms with Crippen LogP contribution in [0.4, 0.5) is 0 Å². The fourth-order valence-electron chi connectivity index (χ4n) is 1.35. The topological polar surface area (TPSA) is 57.2 Å². The number of carbonyl (C=O) groups excluding carboxylic acids is 2. The fourth-order valence-corrected chi connectivity index (χ4v) is 1.35. The van der Waals surface area contributed by atoms with Crippen LogP contribution < -0.4 is 34.7 Å². The Morgan fingerprint density at radius 2 is 1.94 bits per heavy atom. The normalized spacial score (nSPS) is 11.8. The summed E-state index contributed by atoms with van der Waals surface area (Å²) in [6, 6.07) is 0. The smallest absolute Gasteiger partial charge is 0.550 e. The van der Waals surface area contributed by atoms with Gasteiger partial charge in [-0.15, -0.1) is 6.58 Å². The van der Waals surface area contributed by atoms with Crippen LogP contribution in [0.15, 0.2) is 24.8 Å². The number of allylic oxidation sites excluding steroid dienone is 3. The second kappa shape index (κ2) is 12.1. The standard InChI is InChI=1S/C13H20O3.Na/c1-3-4-5-6-7-8-9-12(11(2)14)10-13(15)16;/h3,7-8,12H,1,4-6,9-10H2,2H3,(H,15,16);/q;+1/p-1/b8-7+;. The monoisotopic (exact) mass is 246 g/mol. The number of unbranched alkanes of at least 4 members (excludes halogenated alkanes) is 2. The summed E-state index contributed by atoms with van der Waals surface area (Å²) in [5, 5.41) is 10.4. The summed E-state index contributed by atoms with van der Waals surface area (Å²) in [5.74, 6) is -1.71. The van der Waals surface area contributed by atoms with Gasteiger partial charge in [0.05, 0.1) is 0 Å². The largest absolute Gasteiger partial charge is 1.00 e. The number of rotatable bonds is 9. The van der Waals surface area contributed by atoms with Crippen LogP contribution in [0.1, 0.15) is 39.0 Å². The van der Waals surface area contributed by atoms with Crippen LogP contribution in [-0.4, -0.2) is 11.8 Å². The molecule has 0 radical (unpaired) electrons. The van der Waals surface area contributed by atoms with E-state index in [-0.39, 0.29) is 41.8 Å². The first-order chi connectivity index (χ1) is 7.57. The average Bonchev–Trinajstić information content (AvgIpc) is 2.20. The van der Waals surface area contributed by atoms with Crippen molar-refractivity contribution < 1.29 is 44.3 Å². The first-order valence-electron chi connectivity index (χ1n) is 5.54. The Bertz CT molecular complexity index is 272. The average molecular weight is 246 g/mol. The molecule has 0 N–H and O–H groups in total. The Balaban J connectivity index is 0. The van der Waals surface area contributed by atoms with Crippen molar-refractivity contribution in [1.82, 2.24) is 0 Å². The number of ketones is 1. The van der Waals surface area contributed by atoms with E-state index in [1.165, 1.54) is 6.92 Å². The minimum atomic E-state index is -1.17. The van der Waals surface area contributed by atoms with E-state index in [0.29, 0.717) is 6.42 Å². The van der Waals surface area contributed by atoms with E-state index in [0.717, 1.165) is 19.3 Å². The maximum Gasteiger partial charge on any atom is 1.00 e. The summed E-state index contributed by atoms with van der Waals surface area (Å²) in [4.78, 5) is 21.5. The molecule has 4 heteroatoms. The van der Waals surface area contributed by atoms with E-state index in [1.54, 1.807) is 0 Å². The van der Waals surface area contributed by atoms with E-state index in [4.69, 9.17) is 0 Å². The molecule has 0 saturated heterocycles. The maximum absolute atomic E-state index is 11.1. The molecule has 0 saturated carbocycles. The Hall–Kier alpha value is -0.380. The minimum absolute atomic E-state index is 0. The van der Waals surface area contributed by atoms with Gasteiger partial charge < -0.3 is 9.90 Å². The van der Waals surface area contributed by atoms with Crippen LogP contribution in [0.25, 0.3) is 0 Å². The first kappa shape index (κ1) is 19.0. The van der Waals surface area contributed by atoms with Gasteiger partial charge in [0.1, 0.15) is 5.78 Å². The second-order valence-electron chi connectivity index (χ2n) is 3.81. The zero-order valence-electron chi connectivity index (χ0n) is 10.8. The van der Waals surface area contributed by atoms with Crippen molar-refractivity contribution in [1.29, 1.82) is 0 Å². The van der Waals surface area contributed by atoms with Gasteiger partial charge in [-0.3, -0.25) is 4.79 Å². The summed E-state index contributed by atoms with van der Waals surface area (Å²) in [6.07, 6.45) is 8.95. The fraction of sp³-hybridized carbons (Fsp3) is 0.538. The molecule has 0 aromatic carbocycles. The van der Waals surface area contributed by atoms with Crippen molar-refractivity contribution in [3.63, 3.8) is 0 Å². The number of hydrogen-bond donors (Lipinski definition) is 0. The molecule has 0 aliphatic carbocycles. The molecule has 0 aliphatic heterocycles. The summed E-state index contributed by atoms with van der Waals surface area (Å²) in [6.45, 7) is 5.04. The summed E-state index contributed by atoms with van der Waals surface area (Å²) in [7, 11) is 0. The van der Waals surface area contributed by atoms with Crippen LogP contribution in [0.3, 0.4) is 0 Å². The van der Waals surface area contributed by atoms with E-state index in [9.17, 15) is 14.7 Å². The van der Waals surface area contributed by atoms with Crippen molar-refractivity contribution in [3.05, 3.63) is 24.8 Å². The number of Topliss-reactive ketones (excluding diaryl/α,β-unsaturated/α-hetero) is 1. The molecule has 0 heterocycles. The molecule has 0 bridgehead atoms. The molecule has 3 nitrogen and oxygen atoms in total. The van der Waals surface area contributed by atoms with Crippen molar-refractivity contribution in [3.8, 4) is 0 Å². The number of hydrogen-bond acceptors (Lipinski definition) is 3. The number of aliphatic carboxylic acids is 1. The van der Waals surface area contributed by atoms with Gasteiger partial charge in [0.15, 0.2) is 0 Å². The third kappa shape index (κ3) is 11.9. The molecule has 0 amide bonds. The van der Waals surface area contributed by atoms with Crippen molar-refractivity contribution in [2.24, 2.45) is 5.92 Å². The van der Waals surface area contributed by atoms with Crippen LogP contribution >= 0.6 is 0 Å². The zero-order chi connectivity index (χ0) is 12.4. The van der Waals surface area contributed by atoms with Crippen LogP contribution in [0, 0.1) is 5.92 Å². The number of carboxylic acid groups (broad SMARTS) is 1. The van der Waals surface area contributed by atoms with Crippen molar-refractivity contribution >= 4 is 11.8 Å². The Morgan fingerprint density at radius 3 is 2.41 bits per heavy atom. The number of carboxylic acids is 1. The molecular weight excluding hydrogens is 227 g/mol. The van der Waals surface area contributed by atoms with Gasteiger partial charge in [0, 0.05) is 11.9 Å². The maximum atomic E-state index is 11.1. The first-order valence-corrected chi connectivity index (χ1v) is 5.54. The Kier molecular flexibility index (Phi) is 13.5. The number of carbonyl (C=O) groups is 2. The zero-order valence-corrected chi connectivity index (χ0v) is 12.8. The predicted molar refractivity (Wildman–Crippen MR) is 61.6 cm³/mol. The molecule has 0 rings (SSSR count). The van der Waals surface area contributed by atoms with Gasteiger partial charge in [-0.1, -0.05) is 18.2 Å². The van der Waals surface area contributed by atoms with Gasteiger partial charge in [0.2, 0.25) is 0 Å². The Morgan fingerprint density at radius 1 is 1.29 bits per heavy atom. The molecule has 1 unspecified atom stereocenters. The third-order valence-electron chi connectivity index (χ3n) is 2.35. The molecule has 17 heavy (non-hydrogen) atoms. The SMILES string of the molecule is C=CCCC/C=C/CC(CC(=O)[O-])C(C)=O.[Na+]. The van der Waals surface area contributed by atoms with E-state index in [2.05, 4.69) is 6.58 Å². The van der Waals surface area contributed by atoms with E-state index < -0.39 is 11.9 Å². The van der Waals surface area contributed by atoms with Crippen LogP contribution in [0.2, 0.25) is 0 Å². The van der Waals surface area contributed by atoms with Crippen LogP contribution in [0.5, 0.6) is 0 Å². The molecule has 0 spiro atoms. The van der Waals surface area contributed by atoms with Crippen molar-refractivity contribution in [2.45, 2.75) is 39.0 Å². The van der Waals surface area contributed by atoms with Gasteiger partial charge >= 0.3 is 29.6 Å². The van der Waals surface area contributed by atoms with Gasteiger partial charge in [-0.05, 0) is 39.0 Å². The Labute approximate surface area is 125 Å². The predicted octanol–water partition coefficient (Wildman–Crippen LogP) is -1.36. The van der Waals surface area contributed by atoms with Crippen LogP contribution in [-0.2, 0) is 9.59 Å². The molecule has 1 atom stereocenters. The third-order valence-corrected chi connectivity index (χ3v) is 2.35. The summed E-state index contributed by atoms with van der Waals surface area (Å²) < 4.78 is 0. The van der Waals surface area contributed by atoms with E-state index in [1.807, 2.05) is 18.2 Å². The van der Waals surface area contributed by atoms with Crippen molar-refractivity contribution in [2.75, 3.05) is 0 Å². The minimum Gasteiger partial charge on any atom is -0.550 e. The quantitative estimate of drug-likeness (QED) is 0.287. The molecule has 0 aromatic heterocycles. The van der Waals surface area contributed by atoms with Gasteiger partial charge in [-0.2, -0.15) is 0 Å². The molecule has 90 valence electrons. The molecule has 0 aromatic rings. The molecular formula is C13H19NaO3. The molecule has 0 fully saturated rings.